The summed E-state index contributed by atoms with van der Waals surface area (Å²) >= 11 is 3.51. The van der Waals surface area contributed by atoms with Crippen LogP contribution in [0.4, 0.5) is 0 Å². The number of halogens is 1. The van der Waals surface area contributed by atoms with Crippen molar-refractivity contribution in [1.82, 2.24) is 5.32 Å². The zero-order valence-electron chi connectivity index (χ0n) is 10.5. The summed E-state index contributed by atoms with van der Waals surface area (Å²) in [4.78, 5) is 0. The molecule has 1 fully saturated rings. The van der Waals surface area contributed by atoms with Crippen LogP contribution in [-0.2, 0) is 0 Å². The summed E-state index contributed by atoms with van der Waals surface area (Å²) in [6.07, 6.45) is 2.50. The Bertz CT molecular complexity index is 372. The summed E-state index contributed by atoms with van der Waals surface area (Å²) in [5.74, 6) is 1.51. The predicted molar refractivity (Wildman–Crippen MR) is 74.8 cm³/mol. The van der Waals surface area contributed by atoms with Gasteiger partial charge >= 0.3 is 0 Å². The van der Waals surface area contributed by atoms with Gasteiger partial charge in [0.15, 0.2) is 0 Å². The highest BCUT2D eigenvalue weighted by Gasteiger charge is 2.16. The molecule has 0 saturated carbocycles. The molecule has 1 unspecified atom stereocenters. The van der Waals surface area contributed by atoms with Gasteiger partial charge in [-0.1, -0.05) is 29.8 Å². The lowest BCUT2D eigenvalue weighted by atomic mass is 10.0. The van der Waals surface area contributed by atoms with Gasteiger partial charge in [-0.25, -0.2) is 0 Å². The van der Waals surface area contributed by atoms with Crippen molar-refractivity contribution in [2.75, 3.05) is 13.2 Å². The van der Waals surface area contributed by atoms with E-state index < -0.39 is 0 Å². The van der Waals surface area contributed by atoms with Crippen molar-refractivity contribution < 1.29 is 4.74 Å². The highest BCUT2D eigenvalue weighted by atomic mass is 79.9. The summed E-state index contributed by atoms with van der Waals surface area (Å²) in [7, 11) is 0. The molecule has 2 rings (SSSR count). The first-order chi connectivity index (χ1) is 8.16. The third kappa shape index (κ3) is 3.46. The topological polar surface area (TPSA) is 21.3 Å². The number of hydrogen-bond donors (Lipinski definition) is 1. The van der Waals surface area contributed by atoms with E-state index in [9.17, 15) is 0 Å². The third-order valence-corrected chi connectivity index (χ3v) is 3.69. The molecule has 1 atom stereocenters. The van der Waals surface area contributed by atoms with Crippen LogP contribution in [0.25, 0.3) is 0 Å². The molecule has 0 bridgehead atoms. The van der Waals surface area contributed by atoms with Crippen LogP contribution >= 0.6 is 15.9 Å². The molecule has 1 saturated heterocycles. The van der Waals surface area contributed by atoms with E-state index in [0.29, 0.717) is 12.0 Å². The van der Waals surface area contributed by atoms with Crippen LogP contribution in [0.1, 0.15) is 38.2 Å². The van der Waals surface area contributed by atoms with Crippen molar-refractivity contribution in [3.63, 3.8) is 0 Å². The average molecular weight is 298 g/mol. The summed E-state index contributed by atoms with van der Waals surface area (Å²) in [6, 6.07) is 6.79. The molecule has 0 radical (unpaired) electrons. The van der Waals surface area contributed by atoms with E-state index in [1.807, 2.05) is 6.07 Å². The number of nitrogens with one attached hydrogen (secondary N) is 1. The van der Waals surface area contributed by atoms with Crippen molar-refractivity contribution in [2.45, 2.75) is 38.6 Å². The van der Waals surface area contributed by atoms with E-state index in [1.165, 1.54) is 18.4 Å². The van der Waals surface area contributed by atoms with Gasteiger partial charge < -0.3 is 10.1 Å². The van der Waals surface area contributed by atoms with Gasteiger partial charge in [-0.15, -0.1) is 0 Å². The SMILES string of the molecule is CC(C)c1cc(Br)ccc1OCC1CCCN1. The Morgan fingerprint density at radius 3 is 2.94 bits per heavy atom. The Labute approximate surface area is 112 Å². The fourth-order valence-electron chi connectivity index (χ4n) is 2.19. The summed E-state index contributed by atoms with van der Waals surface area (Å²) < 4.78 is 7.07. The van der Waals surface area contributed by atoms with Crippen molar-refractivity contribution in [1.29, 1.82) is 0 Å². The third-order valence-electron chi connectivity index (χ3n) is 3.20. The molecule has 17 heavy (non-hydrogen) atoms. The molecule has 1 heterocycles. The summed E-state index contributed by atoms with van der Waals surface area (Å²) in [6.45, 7) is 6.30. The van der Waals surface area contributed by atoms with Gasteiger partial charge in [0, 0.05) is 10.5 Å². The van der Waals surface area contributed by atoms with E-state index >= 15 is 0 Å². The number of rotatable bonds is 4. The largest absolute Gasteiger partial charge is 0.492 e. The van der Waals surface area contributed by atoms with E-state index in [2.05, 4.69) is 47.2 Å². The van der Waals surface area contributed by atoms with Crippen LogP contribution in [-0.4, -0.2) is 19.2 Å². The van der Waals surface area contributed by atoms with Crippen LogP contribution in [0.3, 0.4) is 0 Å². The van der Waals surface area contributed by atoms with Gasteiger partial charge in [0.2, 0.25) is 0 Å². The molecular formula is C14H20BrNO. The Hall–Kier alpha value is -0.540. The monoisotopic (exact) mass is 297 g/mol. The number of ether oxygens (including phenoxy) is 1. The smallest absolute Gasteiger partial charge is 0.122 e. The van der Waals surface area contributed by atoms with Gasteiger partial charge in [-0.3, -0.25) is 0 Å². The zero-order valence-corrected chi connectivity index (χ0v) is 12.1. The second-order valence-electron chi connectivity index (χ2n) is 4.94. The van der Waals surface area contributed by atoms with Gasteiger partial charge in [-0.2, -0.15) is 0 Å². The van der Waals surface area contributed by atoms with Crippen LogP contribution in [0.2, 0.25) is 0 Å². The second-order valence-corrected chi connectivity index (χ2v) is 5.86. The summed E-state index contributed by atoms with van der Waals surface area (Å²) in [5, 5.41) is 3.45. The molecule has 1 aromatic rings. The van der Waals surface area contributed by atoms with E-state index in [4.69, 9.17) is 4.74 Å². The molecule has 1 aromatic carbocycles. The predicted octanol–water partition coefficient (Wildman–Crippen LogP) is 3.70. The van der Waals surface area contributed by atoms with Gasteiger partial charge in [-0.05, 0) is 49.1 Å². The van der Waals surface area contributed by atoms with Crippen molar-refractivity contribution >= 4 is 15.9 Å². The molecule has 0 amide bonds. The highest BCUT2D eigenvalue weighted by Crippen LogP contribution is 2.29. The minimum atomic E-state index is 0.485. The molecule has 0 aromatic heterocycles. The Kier molecular flexibility index (Phi) is 4.46. The number of hydrogen-bond acceptors (Lipinski definition) is 2. The number of benzene rings is 1. The van der Waals surface area contributed by atoms with E-state index in [-0.39, 0.29) is 0 Å². The van der Waals surface area contributed by atoms with Crippen LogP contribution in [0.15, 0.2) is 22.7 Å². The fraction of sp³-hybridized carbons (Fsp3) is 0.571. The first-order valence-corrected chi connectivity index (χ1v) is 7.11. The lowest BCUT2D eigenvalue weighted by Gasteiger charge is -2.17. The lowest BCUT2D eigenvalue weighted by molar-refractivity contribution is 0.274. The summed E-state index contributed by atoms with van der Waals surface area (Å²) in [5.41, 5.74) is 1.28. The normalized spacial score (nSPS) is 19.9. The van der Waals surface area contributed by atoms with E-state index in [1.54, 1.807) is 0 Å². The zero-order chi connectivity index (χ0) is 12.3. The first kappa shape index (κ1) is 12.9. The standard InChI is InChI=1S/C14H20BrNO/c1-10(2)13-8-11(15)5-6-14(13)17-9-12-4-3-7-16-12/h5-6,8,10,12,16H,3-4,7,9H2,1-2H3. The lowest BCUT2D eigenvalue weighted by Crippen LogP contribution is -2.28. The minimum Gasteiger partial charge on any atom is -0.492 e. The van der Waals surface area contributed by atoms with Gasteiger partial charge in [0.1, 0.15) is 12.4 Å². The molecule has 0 spiro atoms. The van der Waals surface area contributed by atoms with Gasteiger partial charge in [0.05, 0.1) is 0 Å². The van der Waals surface area contributed by atoms with E-state index in [0.717, 1.165) is 23.4 Å². The Morgan fingerprint density at radius 1 is 1.47 bits per heavy atom. The minimum absolute atomic E-state index is 0.485. The molecule has 94 valence electrons. The average Bonchev–Trinajstić information content (AvgIpc) is 2.80. The molecule has 1 N–H and O–H groups in total. The first-order valence-electron chi connectivity index (χ1n) is 6.32. The van der Waals surface area contributed by atoms with Gasteiger partial charge in [0.25, 0.3) is 0 Å². The maximum Gasteiger partial charge on any atom is 0.122 e. The van der Waals surface area contributed by atoms with Crippen molar-refractivity contribution in [2.24, 2.45) is 0 Å². The van der Waals surface area contributed by atoms with Crippen LogP contribution in [0.5, 0.6) is 5.75 Å². The van der Waals surface area contributed by atoms with Crippen molar-refractivity contribution in [3.05, 3.63) is 28.2 Å². The Balaban J connectivity index is 2.03. The fourth-order valence-corrected chi connectivity index (χ4v) is 2.57. The van der Waals surface area contributed by atoms with Crippen LogP contribution in [0, 0.1) is 0 Å². The maximum absolute atomic E-state index is 5.95. The molecule has 1 aliphatic rings. The second kappa shape index (κ2) is 5.87. The van der Waals surface area contributed by atoms with Crippen LogP contribution < -0.4 is 10.1 Å². The maximum atomic E-state index is 5.95. The molecule has 1 aliphatic heterocycles. The molecule has 3 heteroatoms. The van der Waals surface area contributed by atoms with Crippen molar-refractivity contribution in [3.8, 4) is 5.75 Å². The molecule has 0 aliphatic carbocycles. The Morgan fingerprint density at radius 2 is 2.29 bits per heavy atom. The quantitative estimate of drug-likeness (QED) is 0.915. The molecular weight excluding hydrogens is 278 g/mol. The highest BCUT2D eigenvalue weighted by molar-refractivity contribution is 9.10. The molecule has 2 nitrogen and oxygen atoms in total.